The van der Waals surface area contributed by atoms with Crippen molar-refractivity contribution in [2.75, 3.05) is 0 Å². The van der Waals surface area contributed by atoms with Gasteiger partial charge >= 0.3 is 0 Å². The molecule has 0 heteroatoms. The van der Waals surface area contributed by atoms with Gasteiger partial charge in [0.05, 0.1) is 0 Å². The molecule has 0 spiro atoms. The summed E-state index contributed by atoms with van der Waals surface area (Å²) in [5.41, 5.74) is 1.33. The third-order valence-corrected chi connectivity index (χ3v) is 3.13. The highest BCUT2D eigenvalue weighted by Gasteiger charge is 1.93. The zero-order valence-electron chi connectivity index (χ0n) is 11.6. The Bertz CT molecular complexity index is 188. The number of hydrogen-bond acceptors (Lipinski definition) is 0. The van der Waals surface area contributed by atoms with Gasteiger partial charge in [0, 0.05) is 0 Å². The van der Waals surface area contributed by atoms with E-state index in [2.05, 4.69) is 39.5 Å². The topological polar surface area (TPSA) is 0 Å². The minimum atomic E-state index is 0.854. The molecule has 1 atom stereocenters. The lowest BCUT2D eigenvalue weighted by atomic mass is 10.0. The van der Waals surface area contributed by atoms with Crippen molar-refractivity contribution >= 4 is 0 Å². The highest BCUT2D eigenvalue weighted by molar-refractivity contribution is 4.87. The Morgan fingerprint density at radius 1 is 1.12 bits per heavy atom. The maximum Gasteiger partial charge on any atom is -0.0325 e. The summed E-state index contributed by atoms with van der Waals surface area (Å²) >= 11 is 0. The minimum absolute atomic E-state index is 0.854. The molecule has 0 rings (SSSR count). The molecule has 0 aromatic carbocycles. The highest BCUT2D eigenvalue weighted by Crippen LogP contribution is 2.10. The normalized spacial score (nSPS) is 13.2. The van der Waals surface area contributed by atoms with Crippen molar-refractivity contribution in [2.24, 2.45) is 5.92 Å². The molecule has 0 aliphatic heterocycles. The van der Waals surface area contributed by atoms with Crippen molar-refractivity contribution in [2.45, 2.75) is 72.1 Å². The van der Waals surface area contributed by atoms with Crippen LogP contribution in [0.2, 0.25) is 0 Å². The monoisotopic (exact) mass is 222 g/mol. The predicted octanol–water partition coefficient (Wildman–Crippen LogP) is 5.90. The Balaban J connectivity index is 3.17. The Morgan fingerprint density at radius 3 is 2.44 bits per heavy atom. The van der Waals surface area contributed by atoms with Gasteiger partial charge in [-0.05, 0) is 44.9 Å². The molecule has 0 saturated carbocycles. The van der Waals surface area contributed by atoms with Gasteiger partial charge in [0.15, 0.2) is 0 Å². The van der Waals surface area contributed by atoms with Gasteiger partial charge in [0.1, 0.15) is 0 Å². The number of hydrogen-bond donors (Lipinski definition) is 0. The van der Waals surface area contributed by atoms with Gasteiger partial charge in [-0.1, -0.05) is 50.8 Å². The first-order chi connectivity index (χ1) is 7.66. The second-order valence-corrected chi connectivity index (χ2v) is 5.13. The maximum atomic E-state index is 3.93. The highest BCUT2D eigenvalue weighted by atomic mass is 14.0. The van der Waals surface area contributed by atoms with E-state index in [1.807, 2.05) is 0 Å². The lowest BCUT2D eigenvalue weighted by Gasteiger charge is -2.02. The SMILES string of the molecule is C=C(C)CCCCCC/C=C/CC(C)CC. The lowest BCUT2D eigenvalue weighted by molar-refractivity contribution is 0.570. The molecular weight excluding hydrogens is 192 g/mol. The van der Waals surface area contributed by atoms with Crippen LogP contribution in [0.5, 0.6) is 0 Å². The third-order valence-electron chi connectivity index (χ3n) is 3.13. The fourth-order valence-corrected chi connectivity index (χ4v) is 1.66. The first kappa shape index (κ1) is 15.5. The maximum absolute atomic E-state index is 3.93. The summed E-state index contributed by atoms with van der Waals surface area (Å²) < 4.78 is 0. The van der Waals surface area contributed by atoms with Gasteiger partial charge in [-0.25, -0.2) is 0 Å². The van der Waals surface area contributed by atoms with Crippen LogP contribution in [0.15, 0.2) is 24.3 Å². The number of unbranched alkanes of at least 4 members (excludes halogenated alkanes) is 4. The predicted molar refractivity (Wildman–Crippen MR) is 75.7 cm³/mol. The van der Waals surface area contributed by atoms with Crippen LogP contribution in [0.1, 0.15) is 72.1 Å². The van der Waals surface area contributed by atoms with E-state index >= 15 is 0 Å². The van der Waals surface area contributed by atoms with Crippen LogP contribution >= 0.6 is 0 Å². The molecule has 0 saturated heterocycles. The smallest absolute Gasteiger partial charge is 0.0325 e. The van der Waals surface area contributed by atoms with Crippen LogP contribution in [0.25, 0.3) is 0 Å². The first-order valence-electron chi connectivity index (χ1n) is 6.96. The molecule has 0 aromatic rings. The molecule has 0 aromatic heterocycles. The molecule has 0 fully saturated rings. The molecule has 0 amide bonds. The second-order valence-electron chi connectivity index (χ2n) is 5.13. The zero-order valence-corrected chi connectivity index (χ0v) is 11.6. The average molecular weight is 222 g/mol. The van der Waals surface area contributed by atoms with Crippen molar-refractivity contribution < 1.29 is 0 Å². The molecule has 1 unspecified atom stereocenters. The summed E-state index contributed by atoms with van der Waals surface area (Å²) in [4.78, 5) is 0. The molecule has 0 radical (unpaired) electrons. The molecular formula is C16H30. The molecule has 0 N–H and O–H groups in total. The van der Waals surface area contributed by atoms with Gasteiger partial charge < -0.3 is 0 Å². The van der Waals surface area contributed by atoms with Crippen LogP contribution in [-0.4, -0.2) is 0 Å². The fourth-order valence-electron chi connectivity index (χ4n) is 1.66. The van der Waals surface area contributed by atoms with Crippen molar-refractivity contribution in [1.82, 2.24) is 0 Å². The van der Waals surface area contributed by atoms with Gasteiger partial charge in [-0.3, -0.25) is 0 Å². The van der Waals surface area contributed by atoms with Crippen LogP contribution in [0.4, 0.5) is 0 Å². The number of allylic oxidation sites excluding steroid dienone is 3. The standard InChI is InChI=1S/C16H30/c1-5-16(4)14-12-10-8-6-7-9-11-13-15(2)3/h10,12,16H,2,5-9,11,13-14H2,1,3-4H3/b12-10+. The molecule has 0 nitrogen and oxygen atoms in total. The fraction of sp³-hybridized carbons (Fsp3) is 0.750. The third kappa shape index (κ3) is 11.6. The van der Waals surface area contributed by atoms with Crippen molar-refractivity contribution in [1.29, 1.82) is 0 Å². The van der Waals surface area contributed by atoms with Gasteiger partial charge in [0.25, 0.3) is 0 Å². The Kier molecular flexibility index (Phi) is 10.6. The molecule has 0 aliphatic rings. The van der Waals surface area contributed by atoms with E-state index < -0.39 is 0 Å². The van der Waals surface area contributed by atoms with Crippen LogP contribution in [-0.2, 0) is 0 Å². The quantitative estimate of drug-likeness (QED) is 0.319. The van der Waals surface area contributed by atoms with E-state index in [4.69, 9.17) is 0 Å². The van der Waals surface area contributed by atoms with Crippen molar-refractivity contribution in [3.8, 4) is 0 Å². The first-order valence-corrected chi connectivity index (χ1v) is 6.96. The van der Waals surface area contributed by atoms with Crippen molar-refractivity contribution in [3.05, 3.63) is 24.3 Å². The average Bonchev–Trinajstić information content (AvgIpc) is 2.26. The van der Waals surface area contributed by atoms with Crippen LogP contribution in [0.3, 0.4) is 0 Å². The summed E-state index contributed by atoms with van der Waals surface area (Å²) in [6.45, 7) is 10.6. The molecule has 16 heavy (non-hydrogen) atoms. The lowest BCUT2D eigenvalue weighted by Crippen LogP contribution is -1.87. The minimum Gasteiger partial charge on any atom is -0.100 e. The Labute approximate surface area is 103 Å². The van der Waals surface area contributed by atoms with E-state index in [0.717, 1.165) is 5.92 Å². The van der Waals surface area contributed by atoms with E-state index in [1.54, 1.807) is 0 Å². The van der Waals surface area contributed by atoms with E-state index in [-0.39, 0.29) is 0 Å². The molecule has 0 bridgehead atoms. The number of rotatable bonds is 10. The zero-order chi connectivity index (χ0) is 12.2. The Morgan fingerprint density at radius 2 is 1.81 bits per heavy atom. The Hall–Kier alpha value is -0.520. The summed E-state index contributed by atoms with van der Waals surface area (Å²) in [5.74, 6) is 0.854. The summed E-state index contributed by atoms with van der Waals surface area (Å²) in [6, 6.07) is 0. The van der Waals surface area contributed by atoms with Crippen LogP contribution < -0.4 is 0 Å². The van der Waals surface area contributed by atoms with Gasteiger partial charge in [-0.15, -0.1) is 6.58 Å². The van der Waals surface area contributed by atoms with Crippen LogP contribution in [0, 0.1) is 5.92 Å². The summed E-state index contributed by atoms with van der Waals surface area (Å²) in [6.07, 6.45) is 15.2. The van der Waals surface area contributed by atoms with E-state index in [9.17, 15) is 0 Å². The van der Waals surface area contributed by atoms with Crippen molar-refractivity contribution in [3.63, 3.8) is 0 Å². The van der Waals surface area contributed by atoms with E-state index in [0.29, 0.717) is 0 Å². The van der Waals surface area contributed by atoms with E-state index in [1.165, 1.54) is 56.9 Å². The largest absolute Gasteiger partial charge is 0.100 e. The second kappa shape index (κ2) is 11.0. The molecule has 0 heterocycles. The summed E-state index contributed by atoms with van der Waals surface area (Å²) in [7, 11) is 0. The van der Waals surface area contributed by atoms with Gasteiger partial charge in [-0.2, -0.15) is 0 Å². The summed E-state index contributed by atoms with van der Waals surface area (Å²) in [5, 5.41) is 0. The van der Waals surface area contributed by atoms with Gasteiger partial charge in [0.2, 0.25) is 0 Å². The molecule has 0 aliphatic carbocycles. The molecule has 94 valence electrons.